The summed E-state index contributed by atoms with van der Waals surface area (Å²) in [5.74, 6) is 0.486. The van der Waals surface area contributed by atoms with E-state index in [0.29, 0.717) is 33.8 Å². The molecule has 0 saturated heterocycles. The van der Waals surface area contributed by atoms with Crippen LogP contribution in [0.4, 0.5) is 15.9 Å². The molecule has 11 heteroatoms. The summed E-state index contributed by atoms with van der Waals surface area (Å²) in [6.45, 7) is 1.85. The van der Waals surface area contributed by atoms with Gasteiger partial charge in [0.15, 0.2) is 11.5 Å². The number of methoxy groups -OCH3 is 1. The Labute approximate surface area is 179 Å². The zero-order valence-electron chi connectivity index (χ0n) is 17.5. The minimum Gasteiger partial charge on any atom is -0.508 e. The van der Waals surface area contributed by atoms with Crippen LogP contribution in [0.2, 0.25) is 0 Å². The number of halogens is 1. The molecule has 2 aromatic carbocycles. The summed E-state index contributed by atoms with van der Waals surface area (Å²) in [5.41, 5.74) is 0.944. The number of nitrogens with one attached hydrogen (secondary N) is 1. The van der Waals surface area contributed by atoms with E-state index in [-0.39, 0.29) is 24.6 Å². The second-order valence-corrected chi connectivity index (χ2v) is 8.96. The van der Waals surface area contributed by atoms with Crippen LogP contribution in [0, 0.1) is 12.7 Å². The summed E-state index contributed by atoms with van der Waals surface area (Å²) in [6.07, 6.45) is 2.43. The molecule has 0 atom stereocenters. The Hall–Kier alpha value is -3.18. The number of anilines is 2. The Kier molecular flexibility index (Phi) is 6.46. The number of phenolic OH excluding ortho intramolecular Hbond substituents is 1. The van der Waals surface area contributed by atoms with Crippen LogP contribution in [0.3, 0.4) is 0 Å². The number of nitrogens with zero attached hydrogens (tertiary/aromatic N) is 3. The molecule has 0 aliphatic rings. The largest absolute Gasteiger partial charge is 0.508 e. The van der Waals surface area contributed by atoms with Gasteiger partial charge in [0.2, 0.25) is 10.0 Å². The zero-order chi connectivity index (χ0) is 22.8. The van der Waals surface area contributed by atoms with Crippen molar-refractivity contribution in [2.24, 2.45) is 0 Å². The third-order valence-electron chi connectivity index (χ3n) is 4.78. The molecule has 0 amide bonds. The lowest BCUT2D eigenvalue weighted by atomic mass is 10.1. The fraction of sp³-hybridized carbons (Fsp3) is 0.300. The molecular formula is C20H23FN4O5S. The fourth-order valence-corrected chi connectivity index (χ4v) is 3.23. The van der Waals surface area contributed by atoms with E-state index in [2.05, 4.69) is 15.3 Å². The van der Waals surface area contributed by atoms with E-state index in [1.807, 2.05) is 0 Å². The molecule has 0 aliphatic heterocycles. The van der Waals surface area contributed by atoms with Gasteiger partial charge in [-0.15, -0.1) is 0 Å². The Morgan fingerprint density at radius 3 is 2.65 bits per heavy atom. The van der Waals surface area contributed by atoms with Gasteiger partial charge in [-0.2, -0.15) is 0 Å². The van der Waals surface area contributed by atoms with E-state index in [1.165, 1.54) is 30.9 Å². The van der Waals surface area contributed by atoms with Gasteiger partial charge in [0.25, 0.3) is 0 Å². The molecule has 0 fully saturated rings. The first-order chi connectivity index (χ1) is 14.6. The molecule has 3 aromatic rings. The smallest absolute Gasteiger partial charge is 0.211 e. The molecular weight excluding hydrogens is 427 g/mol. The van der Waals surface area contributed by atoms with E-state index in [9.17, 15) is 17.9 Å². The van der Waals surface area contributed by atoms with Gasteiger partial charge in [-0.05, 0) is 25.1 Å². The SMILES string of the molecule is COc1cc2c(Nc3c(F)ccc(O)c3C)ncnc2cc1OCCN(C)S(C)(=O)=O. The third-order valence-corrected chi connectivity index (χ3v) is 6.09. The Morgan fingerprint density at radius 2 is 1.97 bits per heavy atom. The van der Waals surface area contributed by atoms with Crippen molar-refractivity contribution >= 4 is 32.4 Å². The average Bonchev–Trinajstić information content (AvgIpc) is 2.72. The van der Waals surface area contributed by atoms with Crippen molar-refractivity contribution in [3.05, 3.63) is 42.0 Å². The summed E-state index contributed by atoms with van der Waals surface area (Å²) in [4.78, 5) is 8.42. The quantitative estimate of drug-likeness (QED) is 0.539. The Balaban J connectivity index is 1.93. The standard InChI is InChI=1S/C20H23FN4O5S/c1-12-16(26)6-5-14(21)19(12)24-20-13-9-17(29-3)18(10-15(13)22-11-23-20)30-8-7-25(2)31(4,27)28/h5-6,9-11,26H,7-8H2,1-4H3,(H,22,23,24). The van der Waals surface area contributed by atoms with Crippen LogP contribution in [0.25, 0.3) is 10.9 Å². The van der Waals surface area contributed by atoms with Gasteiger partial charge in [-0.25, -0.2) is 27.1 Å². The van der Waals surface area contributed by atoms with Crippen LogP contribution in [0.15, 0.2) is 30.6 Å². The zero-order valence-corrected chi connectivity index (χ0v) is 18.3. The number of aromatic hydroxyl groups is 1. The highest BCUT2D eigenvalue weighted by Crippen LogP contribution is 2.36. The predicted octanol–water partition coefficient (Wildman–Crippen LogP) is 2.81. The molecule has 166 valence electrons. The number of benzene rings is 2. The summed E-state index contributed by atoms with van der Waals surface area (Å²) < 4.78 is 49.6. The van der Waals surface area contributed by atoms with Gasteiger partial charge in [-0.3, -0.25) is 0 Å². The lowest BCUT2D eigenvalue weighted by molar-refractivity contribution is 0.272. The number of sulfonamides is 1. The van der Waals surface area contributed by atoms with Crippen molar-refractivity contribution in [2.75, 3.05) is 38.9 Å². The van der Waals surface area contributed by atoms with Gasteiger partial charge in [0.1, 0.15) is 30.3 Å². The monoisotopic (exact) mass is 450 g/mol. The van der Waals surface area contributed by atoms with Gasteiger partial charge in [-0.1, -0.05) is 0 Å². The Morgan fingerprint density at radius 1 is 1.23 bits per heavy atom. The highest BCUT2D eigenvalue weighted by molar-refractivity contribution is 7.88. The molecule has 9 nitrogen and oxygen atoms in total. The van der Waals surface area contributed by atoms with Gasteiger partial charge in [0, 0.05) is 30.6 Å². The van der Waals surface area contributed by atoms with Crippen LogP contribution >= 0.6 is 0 Å². The van der Waals surface area contributed by atoms with Crippen LogP contribution in [0.5, 0.6) is 17.2 Å². The predicted molar refractivity (Wildman–Crippen MR) is 115 cm³/mol. The van der Waals surface area contributed by atoms with Gasteiger partial charge < -0.3 is 19.9 Å². The second-order valence-electron chi connectivity index (χ2n) is 6.87. The number of ether oxygens (including phenoxy) is 2. The molecule has 1 heterocycles. The minimum atomic E-state index is -3.31. The third kappa shape index (κ3) is 4.94. The summed E-state index contributed by atoms with van der Waals surface area (Å²) in [5, 5.41) is 13.3. The normalized spacial score (nSPS) is 11.7. The fourth-order valence-electron chi connectivity index (χ4n) is 2.83. The maximum Gasteiger partial charge on any atom is 0.211 e. The number of likely N-dealkylation sites (N-methyl/N-ethyl adjacent to an activating group) is 1. The number of hydrogen-bond acceptors (Lipinski definition) is 8. The van der Waals surface area contributed by atoms with Crippen LogP contribution in [-0.4, -0.2) is 61.4 Å². The van der Waals surface area contributed by atoms with E-state index in [0.717, 1.165) is 12.3 Å². The van der Waals surface area contributed by atoms with E-state index < -0.39 is 15.8 Å². The molecule has 31 heavy (non-hydrogen) atoms. The Bertz CT molecular complexity index is 1220. The topological polar surface area (TPSA) is 114 Å². The van der Waals surface area contributed by atoms with Crippen LogP contribution in [-0.2, 0) is 10.0 Å². The first-order valence-electron chi connectivity index (χ1n) is 9.23. The molecule has 0 saturated carbocycles. The maximum absolute atomic E-state index is 14.3. The minimum absolute atomic E-state index is 0.0467. The molecule has 2 N–H and O–H groups in total. The number of aromatic nitrogens is 2. The lowest BCUT2D eigenvalue weighted by Crippen LogP contribution is -2.29. The van der Waals surface area contributed by atoms with Crippen LogP contribution < -0.4 is 14.8 Å². The lowest BCUT2D eigenvalue weighted by Gasteiger charge is -2.17. The van der Waals surface area contributed by atoms with Crippen molar-refractivity contribution < 1.29 is 27.4 Å². The van der Waals surface area contributed by atoms with E-state index in [4.69, 9.17) is 9.47 Å². The molecule has 0 spiro atoms. The molecule has 1 aromatic heterocycles. The van der Waals surface area contributed by atoms with Gasteiger partial charge >= 0.3 is 0 Å². The molecule has 0 bridgehead atoms. The van der Waals surface area contributed by atoms with Crippen molar-refractivity contribution in [1.82, 2.24) is 14.3 Å². The van der Waals surface area contributed by atoms with E-state index in [1.54, 1.807) is 19.1 Å². The van der Waals surface area contributed by atoms with Gasteiger partial charge in [0.05, 0.1) is 24.6 Å². The van der Waals surface area contributed by atoms with Crippen molar-refractivity contribution in [3.8, 4) is 17.2 Å². The second kappa shape index (κ2) is 8.90. The van der Waals surface area contributed by atoms with Crippen LogP contribution in [0.1, 0.15) is 5.56 Å². The number of fused-ring (bicyclic) bond motifs is 1. The molecule has 0 aliphatic carbocycles. The summed E-state index contributed by atoms with van der Waals surface area (Å²) in [6, 6.07) is 5.71. The number of phenols is 1. The van der Waals surface area contributed by atoms with Crippen molar-refractivity contribution in [2.45, 2.75) is 6.92 Å². The maximum atomic E-state index is 14.3. The highest BCUT2D eigenvalue weighted by Gasteiger charge is 2.16. The summed E-state index contributed by atoms with van der Waals surface area (Å²) >= 11 is 0. The number of rotatable bonds is 8. The molecule has 3 rings (SSSR count). The summed E-state index contributed by atoms with van der Waals surface area (Å²) in [7, 11) is -0.381. The number of hydrogen-bond donors (Lipinski definition) is 2. The first kappa shape index (κ1) is 22.5. The first-order valence-corrected chi connectivity index (χ1v) is 11.1. The average molecular weight is 450 g/mol. The highest BCUT2D eigenvalue weighted by atomic mass is 32.2. The molecule has 0 unspecified atom stereocenters. The molecule has 0 radical (unpaired) electrons. The van der Waals surface area contributed by atoms with Crippen molar-refractivity contribution in [3.63, 3.8) is 0 Å². The van der Waals surface area contributed by atoms with E-state index >= 15 is 0 Å². The van der Waals surface area contributed by atoms with Crippen molar-refractivity contribution in [1.29, 1.82) is 0 Å².